The molecule has 0 aliphatic carbocycles. The predicted octanol–water partition coefficient (Wildman–Crippen LogP) is 5.32. The van der Waals surface area contributed by atoms with Crippen LogP contribution in [0.1, 0.15) is 36.2 Å². The van der Waals surface area contributed by atoms with Crippen molar-refractivity contribution in [2.75, 3.05) is 25.0 Å². The first-order valence-electron chi connectivity index (χ1n) is 10.1. The topological polar surface area (TPSA) is 66.5 Å². The normalized spacial score (nSPS) is 20.2. The van der Waals surface area contributed by atoms with Gasteiger partial charge in [-0.1, -0.05) is 37.6 Å². The Balaban J connectivity index is 1.76. The minimum atomic E-state index is -4.54. The molecule has 0 radical (unpaired) electrons. The van der Waals surface area contributed by atoms with E-state index in [4.69, 9.17) is 11.6 Å². The molecule has 2 unspecified atom stereocenters. The Morgan fingerprint density at radius 1 is 1.12 bits per heavy atom. The quantitative estimate of drug-likeness (QED) is 0.559. The average molecular weight is 489 g/mol. The Kier molecular flexibility index (Phi) is 7.21. The second kappa shape index (κ2) is 9.41. The van der Waals surface area contributed by atoms with Gasteiger partial charge in [-0.25, -0.2) is 8.42 Å². The first-order valence-corrected chi connectivity index (χ1v) is 11.9. The molecule has 1 aliphatic rings. The van der Waals surface area contributed by atoms with Crippen molar-refractivity contribution >= 4 is 33.1 Å². The van der Waals surface area contributed by atoms with E-state index in [1.54, 1.807) is 0 Å². The number of anilines is 1. The van der Waals surface area contributed by atoms with E-state index in [2.05, 4.69) is 5.32 Å². The molecule has 0 amide bonds. The lowest BCUT2D eigenvalue weighted by Gasteiger charge is -2.34. The van der Waals surface area contributed by atoms with E-state index in [-0.39, 0.29) is 39.5 Å². The number of alkyl halides is 3. The lowest BCUT2D eigenvalue weighted by molar-refractivity contribution is -0.137. The second-order valence-corrected chi connectivity index (χ2v) is 10.6. The van der Waals surface area contributed by atoms with E-state index in [9.17, 15) is 26.4 Å². The van der Waals surface area contributed by atoms with Crippen LogP contribution < -0.4 is 5.32 Å². The molecule has 10 heteroatoms. The van der Waals surface area contributed by atoms with Gasteiger partial charge in [0.15, 0.2) is 5.78 Å². The summed E-state index contributed by atoms with van der Waals surface area (Å²) in [5.41, 5.74) is -0.787. The molecule has 2 atom stereocenters. The lowest BCUT2D eigenvalue weighted by Crippen LogP contribution is -2.42. The molecule has 1 heterocycles. The largest absolute Gasteiger partial charge is 0.416 e. The van der Waals surface area contributed by atoms with Gasteiger partial charge in [0.1, 0.15) is 0 Å². The van der Waals surface area contributed by atoms with Crippen LogP contribution in [0.4, 0.5) is 18.9 Å². The molecule has 1 saturated heterocycles. The molecule has 32 heavy (non-hydrogen) atoms. The third kappa shape index (κ3) is 5.63. The number of carbonyl (C=O) groups is 1. The number of nitrogens with zero attached hydrogens (tertiary/aromatic N) is 1. The molecule has 1 fully saturated rings. The first kappa shape index (κ1) is 24.5. The summed E-state index contributed by atoms with van der Waals surface area (Å²) in [6.07, 6.45) is -3.59. The molecule has 1 N–H and O–H groups in total. The standard InChI is InChI=1S/C22H24ClF3N2O3S/c1-14-8-15(2)13-28(12-14)32(30,31)18-5-3-4-16(9-18)21(29)11-27-20-10-17(22(24,25)26)6-7-19(20)23/h3-7,9-10,14-15,27H,8,11-13H2,1-2H3. The highest BCUT2D eigenvalue weighted by Crippen LogP contribution is 2.34. The Bertz CT molecular complexity index is 1100. The fourth-order valence-electron chi connectivity index (χ4n) is 3.90. The number of carbonyl (C=O) groups excluding carboxylic acids is 1. The highest BCUT2D eigenvalue weighted by atomic mass is 35.5. The Morgan fingerprint density at radius 3 is 2.41 bits per heavy atom. The molecule has 174 valence electrons. The van der Waals surface area contributed by atoms with Crippen molar-refractivity contribution in [2.45, 2.75) is 31.3 Å². The number of halogens is 4. The monoisotopic (exact) mass is 488 g/mol. The smallest absolute Gasteiger partial charge is 0.376 e. The van der Waals surface area contributed by atoms with E-state index in [1.165, 1.54) is 28.6 Å². The third-order valence-electron chi connectivity index (χ3n) is 5.36. The van der Waals surface area contributed by atoms with Crippen LogP contribution in [-0.2, 0) is 16.2 Å². The minimum absolute atomic E-state index is 0.0155. The van der Waals surface area contributed by atoms with Crippen molar-refractivity contribution in [3.05, 3.63) is 58.6 Å². The van der Waals surface area contributed by atoms with Crippen LogP contribution in [0.3, 0.4) is 0 Å². The van der Waals surface area contributed by atoms with Gasteiger partial charge in [-0.3, -0.25) is 4.79 Å². The van der Waals surface area contributed by atoms with Gasteiger partial charge in [0.25, 0.3) is 0 Å². The van der Waals surface area contributed by atoms with Crippen LogP contribution in [0.5, 0.6) is 0 Å². The van der Waals surface area contributed by atoms with E-state index >= 15 is 0 Å². The van der Waals surface area contributed by atoms with Crippen molar-refractivity contribution in [3.8, 4) is 0 Å². The number of sulfonamides is 1. The number of hydrogen-bond acceptors (Lipinski definition) is 4. The Morgan fingerprint density at radius 2 is 1.78 bits per heavy atom. The minimum Gasteiger partial charge on any atom is -0.376 e. The van der Waals surface area contributed by atoms with Gasteiger partial charge in [-0.05, 0) is 48.6 Å². The number of benzene rings is 2. The molecule has 5 nitrogen and oxygen atoms in total. The number of piperidine rings is 1. The number of hydrogen-bond donors (Lipinski definition) is 1. The highest BCUT2D eigenvalue weighted by molar-refractivity contribution is 7.89. The molecule has 1 aliphatic heterocycles. The number of ketones is 1. The van der Waals surface area contributed by atoms with Gasteiger partial charge < -0.3 is 5.32 Å². The summed E-state index contributed by atoms with van der Waals surface area (Å²) in [6, 6.07) is 8.47. The van der Waals surface area contributed by atoms with Crippen LogP contribution in [0.2, 0.25) is 5.02 Å². The number of Topliss-reactive ketones (excluding diaryl/α,β-unsaturated/α-hetero) is 1. The van der Waals surface area contributed by atoms with Gasteiger partial charge in [-0.15, -0.1) is 0 Å². The van der Waals surface area contributed by atoms with Crippen LogP contribution in [0, 0.1) is 11.8 Å². The summed E-state index contributed by atoms with van der Waals surface area (Å²) in [7, 11) is -3.77. The van der Waals surface area contributed by atoms with Crippen molar-refractivity contribution < 1.29 is 26.4 Å². The molecule has 0 saturated carbocycles. The zero-order valence-corrected chi connectivity index (χ0v) is 19.2. The summed E-state index contributed by atoms with van der Waals surface area (Å²) in [5, 5.41) is 2.65. The third-order valence-corrected chi connectivity index (χ3v) is 7.52. The van der Waals surface area contributed by atoms with Gasteiger partial charge >= 0.3 is 6.18 Å². The summed E-state index contributed by atoms with van der Waals surface area (Å²) in [4.78, 5) is 12.6. The van der Waals surface area contributed by atoms with Crippen LogP contribution in [0.25, 0.3) is 0 Å². The zero-order chi connectivity index (χ0) is 23.7. The SMILES string of the molecule is CC1CC(C)CN(S(=O)(=O)c2cccc(C(=O)CNc3cc(C(F)(F)F)ccc3Cl)c2)C1. The molecule has 0 spiro atoms. The van der Waals surface area contributed by atoms with Crippen molar-refractivity contribution in [1.29, 1.82) is 0 Å². The van der Waals surface area contributed by atoms with Crippen LogP contribution in [-0.4, -0.2) is 38.1 Å². The molecular weight excluding hydrogens is 465 g/mol. The number of nitrogens with one attached hydrogen (secondary N) is 1. The molecule has 3 rings (SSSR count). The van der Waals surface area contributed by atoms with Crippen molar-refractivity contribution in [3.63, 3.8) is 0 Å². The fraction of sp³-hybridized carbons (Fsp3) is 0.409. The molecule has 0 aromatic heterocycles. The van der Waals surface area contributed by atoms with E-state index in [0.717, 1.165) is 24.6 Å². The zero-order valence-electron chi connectivity index (χ0n) is 17.6. The predicted molar refractivity (Wildman–Crippen MR) is 117 cm³/mol. The molecule has 2 aromatic carbocycles. The van der Waals surface area contributed by atoms with E-state index < -0.39 is 27.5 Å². The maximum atomic E-state index is 13.1. The van der Waals surface area contributed by atoms with Gasteiger partial charge in [0.2, 0.25) is 10.0 Å². The van der Waals surface area contributed by atoms with E-state index in [0.29, 0.717) is 13.1 Å². The number of rotatable bonds is 6. The van der Waals surface area contributed by atoms with Crippen molar-refractivity contribution in [1.82, 2.24) is 4.31 Å². The summed E-state index contributed by atoms with van der Waals surface area (Å²) < 4.78 is 66.4. The van der Waals surface area contributed by atoms with Gasteiger partial charge in [0, 0.05) is 18.7 Å². The maximum Gasteiger partial charge on any atom is 0.416 e. The summed E-state index contributed by atoms with van der Waals surface area (Å²) in [5.74, 6) is -0.00425. The summed E-state index contributed by atoms with van der Waals surface area (Å²) >= 11 is 5.94. The van der Waals surface area contributed by atoms with Crippen LogP contribution in [0.15, 0.2) is 47.4 Å². The highest BCUT2D eigenvalue weighted by Gasteiger charge is 2.32. The lowest BCUT2D eigenvalue weighted by atomic mass is 9.94. The second-order valence-electron chi connectivity index (χ2n) is 8.27. The maximum absolute atomic E-state index is 13.1. The molecule has 0 bridgehead atoms. The summed E-state index contributed by atoms with van der Waals surface area (Å²) in [6.45, 7) is 4.49. The molecular formula is C22H24ClF3N2O3S. The first-order chi connectivity index (χ1) is 14.9. The Hall–Kier alpha value is -2.10. The van der Waals surface area contributed by atoms with Crippen molar-refractivity contribution in [2.24, 2.45) is 11.8 Å². The van der Waals surface area contributed by atoms with Crippen LogP contribution >= 0.6 is 11.6 Å². The fourth-order valence-corrected chi connectivity index (χ4v) is 5.81. The Labute approximate surface area is 190 Å². The van der Waals surface area contributed by atoms with Gasteiger partial charge in [0.05, 0.1) is 27.7 Å². The molecule has 2 aromatic rings. The average Bonchev–Trinajstić information content (AvgIpc) is 2.71. The van der Waals surface area contributed by atoms with Gasteiger partial charge in [-0.2, -0.15) is 17.5 Å². The van der Waals surface area contributed by atoms with E-state index in [1.807, 2.05) is 13.8 Å².